The first kappa shape index (κ1) is 26.0. The molecule has 0 amide bonds. The van der Waals surface area contributed by atoms with Gasteiger partial charge in [0.15, 0.2) is 0 Å². The normalized spacial score (nSPS) is 25.7. The van der Waals surface area contributed by atoms with Gasteiger partial charge in [0.1, 0.15) is 0 Å². The smallest absolute Gasteiger partial charge is 0.0502 e. The first-order chi connectivity index (χ1) is 12.3. The van der Waals surface area contributed by atoms with Gasteiger partial charge >= 0.3 is 0 Å². The van der Waals surface area contributed by atoms with Crippen molar-refractivity contribution >= 4 is 0 Å². The Morgan fingerprint density at radius 2 is 1.14 bits per heavy atom. The van der Waals surface area contributed by atoms with Crippen LogP contribution in [-0.4, -0.2) is 13.2 Å². The molecule has 0 N–H and O–H groups in total. The van der Waals surface area contributed by atoms with Gasteiger partial charge in [-0.05, 0) is 71.0 Å². The summed E-state index contributed by atoms with van der Waals surface area (Å²) in [6, 6.07) is 0. The van der Waals surface area contributed by atoms with E-state index in [4.69, 9.17) is 4.74 Å². The lowest BCUT2D eigenvalue weighted by molar-refractivity contribution is 0.0250. The van der Waals surface area contributed by atoms with Crippen molar-refractivity contribution in [2.75, 3.05) is 13.2 Å². The second-order valence-electron chi connectivity index (χ2n) is 14.9. The average molecular weight is 395 g/mol. The van der Waals surface area contributed by atoms with Gasteiger partial charge in [0.05, 0.1) is 6.61 Å². The van der Waals surface area contributed by atoms with Crippen molar-refractivity contribution in [3.63, 3.8) is 0 Å². The highest BCUT2D eigenvalue weighted by molar-refractivity contribution is 4.93. The molecular formula is C27H54O. The maximum absolute atomic E-state index is 5.64. The van der Waals surface area contributed by atoms with Crippen LogP contribution >= 0.6 is 0 Å². The topological polar surface area (TPSA) is 9.23 Å². The van der Waals surface area contributed by atoms with Crippen LogP contribution in [0.5, 0.6) is 0 Å². The third-order valence-corrected chi connectivity index (χ3v) is 6.41. The van der Waals surface area contributed by atoms with Crippen molar-refractivity contribution in [1.29, 1.82) is 0 Å². The molecular weight excluding hydrogens is 340 g/mol. The van der Waals surface area contributed by atoms with E-state index in [2.05, 4.69) is 83.1 Å². The van der Waals surface area contributed by atoms with Crippen LogP contribution in [0.2, 0.25) is 0 Å². The summed E-state index contributed by atoms with van der Waals surface area (Å²) in [6.45, 7) is 30.2. The van der Waals surface area contributed by atoms with Gasteiger partial charge in [0.2, 0.25) is 0 Å². The van der Waals surface area contributed by atoms with Crippen LogP contribution < -0.4 is 0 Å². The maximum Gasteiger partial charge on any atom is 0.0502 e. The minimum absolute atomic E-state index is 0.395. The number of rotatable bonds is 3. The molecule has 0 aromatic rings. The molecule has 1 saturated carbocycles. The molecule has 1 heterocycles. The van der Waals surface area contributed by atoms with E-state index in [1.807, 2.05) is 0 Å². The highest BCUT2D eigenvalue weighted by atomic mass is 16.5. The highest BCUT2D eigenvalue weighted by Gasteiger charge is 2.42. The van der Waals surface area contributed by atoms with E-state index >= 15 is 0 Å². The second kappa shape index (κ2) is 8.99. The number of hydrogen-bond donors (Lipinski definition) is 0. The first-order valence-electron chi connectivity index (χ1n) is 11.9. The molecule has 1 saturated heterocycles. The molecule has 168 valence electrons. The standard InChI is InChI=1S/C14H28.C13H26O/c1-12(2,3)10-14(8-7-9-14)11-13(4,5)6;1-12(2,3)7-10-8-14-9-11(10)13(4,5)6/h7-11H2,1-6H3;10-11H,7-9H2,1-6H3. The molecule has 2 atom stereocenters. The molecule has 2 unspecified atom stereocenters. The van der Waals surface area contributed by atoms with Crippen molar-refractivity contribution in [3.05, 3.63) is 0 Å². The monoisotopic (exact) mass is 394 g/mol. The zero-order chi connectivity index (χ0) is 22.0. The highest BCUT2D eigenvalue weighted by Crippen LogP contribution is 2.54. The fourth-order valence-electron chi connectivity index (χ4n) is 5.89. The summed E-state index contributed by atoms with van der Waals surface area (Å²) in [5.74, 6) is 1.50. The van der Waals surface area contributed by atoms with Crippen LogP contribution in [0.25, 0.3) is 0 Å². The Morgan fingerprint density at radius 3 is 1.43 bits per heavy atom. The third kappa shape index (κ3) is 9.64. The second-order valence-corrected chi connectivity index (χ2v) is 14.9. The quantitative estimate of drug-likeness (QED) is 0.465. The summed E-state index contributed by atoms with van der Waals surface area (Å²) in [5, 5.41) is 0. The Bertz CT molecular complexity index is 438. The predicted molar refractivity (Wildman–Crippen MR) is 126 cm³/mol. The van der Waals surface area contributed by atoms with Gasteiger partial charge in [-0.3, -0.25) is 0 Å². The Morgan fingerprint density at radius 1 is 0.679 bits per heavy atom. The van der Waals surface area contributed by atoms with E-state index in [0.29, 0.717) is 27.1 Å². The summed E-state index contributed by atoms with van der Waals surface area (Å²) in [5.41, 5.74) is 2.53. The van der Waals surface area contributed by atoms with Crippen LogP contribution in [0, 0.1) is 38.9 Å². The average Bonchev–Trinajstić information content (AvgIpc) is 2.79. The van der Waals surface area contributed by atoms with E-state index in [1.54, 1.807) is 0 Å². The maximum atomic E-state index is 5.64. The molecule has 2 aliphatic rings. The Hall–Kier alpha value is -0.0400. The van der Waals surface area contributed by atoms with Crippen molar-refractivity contribution < 1.29 is 4.74 Å². The van der Waals surface area contributed by atoms with Crippen molar-refractivity contribution in [2.24, 2.45) is 38.9 Å². The largest absolute Gasteiger partial charge is 0.381 e. The summed E-state index contributed by atoms with van der Waals surface area (Å²) in [7, 11) is 0. The first-order valence-corrected chi connectivity index (χ1v) is 11.9. The van der Waals surface area contributed by atoms with E-state index < -0.39 is 0 Å². The van der Waals surface area contributed by atoms with Crippen LogP contribution in [0.1, 0.15) is 122 Å². The van der Waals surface area contributed by atoms with E-state index in [-0.39, 0.29) is 0 Å². The molecule has 0 aromatic heterocycles. The zero-order valence-corrected chi connectivity index (χ0v) is 21.7. The molecule has 2 rings (SSSR count). The van der Waals surface area contributed by atoms with Gasteiger partial charge in [0, 0.05) is 6.61 Å². The summed E-state index contributed by atoms with van der Waals surface area (Å²) >= 11 is 0. The molecule has 0 radical (unpaired) electrons. The minimum Gasteiger partial charge on any atom is -0.381 e. The molecule has 28 heavy (non-hydrogen) atoms. The van der Waals surface area contributed by atoms with Gasteiger partial charge in [-0.2, -0.15) is 0 Å². The Labute approximate surface area is 178 Å². The fraction of sp³-hybridized carbons (Fsp3) is 1.00. The summed E-state index contributed by atoms with van der Waals surface area (Å²) in [4.78, 5) is 0. The van der Waals surface area contributed by atoms with Crippen LogP contribution in [0.3, 0.4) is 0 Å². The molecule has 1 heteroatoms. The van der Waals surface area contributed by atoms with Crippen LogP contribution in [-0.2, 0) is 4.74 Å². The molecule has 2 fully saturated rings. The Balaban J connectivity index is 0.000000280. The zero-order valence-electron chi connectivity index (χ0n) is 21.7. The van der Waals surface area contributed by atoms with Crippen LogP contribution in [0.15, 0.2) is 0 Å². The predicted octanol–water partition coefficient (Wildman–Crippen LogP) is 8.76. The van der Waals surface area contributed by atoms with Gasteiger partial charge in [-0.25, -0.2) is 0 Å². The van der Waals surface area contributed by atoms with E-state index in [0.717, 1.165) is 25.0 Å². The van der Waals surface area contributed by atoms with Gasteiger partial charge < -0.3 is 4.74 Å². The number of hydrogen-bond acceptors (Lipinski definition) is 1. The Kier molecular flexibility index (Phi) is 8.34. The van der Waals surface area contributed by atoms with Gasteiger partial charge in [0.25, 0.3) is 0 Å². The SMILES string of the molecule is CC(C)(C)CC1(CC(C)(C)C)CCC1.CC(C)(C)CC1COCC1C(C)(C)C. The third-order valence-electron chi connectivity index (χ3n) is 6.41. The molecule has 0 bridgehead atoms. The molecule has 1 aliphatic heterocycles. The van der Waals surface area contributed by atoms with Gasteiger partial charge in [-0.1, -0.05) is 89.5 Å². The lowest BCUT2D eigenvalue weighted by Gasteiger charge is -2.49. The lowest BCUT2D eigenvalue weighted by Crippen LogP contribution is -2.37. The molecule has 1 nitrogen and oxygen atoms in total. The van der Waals surface area contributed by atoms with Gasteiger partial charge in [-0.15, -0.1) is 0 Å². The van der Waals surface area contributed by atoms with E-state index in [1.165, 1.54) is 38.5 Å². The molecule has 0 aromatic carbocycles. The van der Waals surface area contributed by atoms with Crippen LogP contribution in [0.4, 0.5) is 0 Å². The fourth-order valence-corrected chi connectivity index (χ4v) is 5.89. The van der Waals surface area contributed by atoms with Crippen molar-refractivity contribution in [1.82, 2.24) is 0 Å². The minimum atomic E-state index is 0.395. The van der Waals surface area contributed by atoms with Crippen molar-refractivity contribution in [2.45, 2.75) is 122 Å². The number of ether oxygens (including phenoxy) is 1. The molecule has 1 aliphatic carbocycles. The van der Waals surface area contributed by atoms with E-state index in [9.17, 15) is 0 Å². The summed E-state index contributed by atoms with van der Waals surface area (Å²) in [6.07, 6.45) is 8.53. The van der Waals surface area contributed by atoms with Crippen molar-refractivity contribution in [3.8, 4) is 0 Å². The lowest BCUT2D eigenvalue weighted by atomic mass is 9.56. The summed E-state index contributed by atoms with van der Waals surface area (Å²) < 4.78 is 5.64. The molecule has 0 spiro atoms.